The van der Waals surface area contributed by atoms with Crippen molar-refractivity contribution in [3.8, 4) is 5.75 Å². The van der Waals surface area contributed by atoms with E-state index in [1.54, 1.807) is 6.07 Å². The molecule has 2 aromatic rings. The third-order valence-corrected chi connectivity index (χ3v) is 3.21. The zero-order chi connectivity index (χ0) is 16.8. The largest absolute Gasteiger partial charge is 0.491 e. The zero-order valence-corrected chi connectivity index (χ0v) is 13.3. The minimum Gasteiger partial charge on any atom is -0.491 e. The molecule has 0 unspecified atom stereocenters. The number of nitrogens with two attached hydrogens (primary N) is 1. The molecule has 2 rings (SSSR count). The van der Waals surface area contributed by atoms with Gasteiger partial charge in [0.05, 0.1) is 17.8 Å². The second-order valence-electron chi connectivity index (χ2n) is 5.59. The fourth-order valence-electron chi connectivity index (χ4n) is 2.13. The fraction of sp³-hybridized carbons (Fsp3) is 0.278. The van der Waals surface area contributed by atoms with E-state index < -0.39 is 17.8 Å². The summed E-state index contributed by atoms with van der Waals surface area (Å²) in [5, 5.41) is 2.52. The zero-order valence-electron chi connectivity index (χ0n) is 13.3. The Morgan fingerprint density at radius 1 is 1.22 bits per heavy atom. The Morgan fingerprint density at radius 2 is 1.91 bits per heavy atom. The summed E-state index contributed by atoms with van der Waals surface area (Å²) < 4.78 is 19.4. The number of rotatable bonds is 6. The SMILES string of the molecule is CC(C)Oc1ccc(NC(=O)[C@@H](N)Cc2ccccc2)c(F)c1. The predicted molar refractivity (Wildman–Crippen MR) is 88.9 cm³/mol. The van der Waals surface area contributed by atoms with Crippen molar-refractivity contribution in [2.45, 2.75) is 32.4 Å². The van der Waals surface area contributed by atoms with Crippen LogP contribution in [0.5, 0.6) is 5.75 Å². The Kier molecular flexibility index (Phi) is 5.71. The van der Waals surface area contributed by atoms with E-state index in [-0.39, 0.29) is 11.8 Å². The van der Waals surface area contributed by atoms with Gasteiger partial charge in [0.1, 0.15) is 11.6 Å². The minimum atomic E-state index is -0.747. The molecule has 1 amide bonds. The summed E-state index contributed by atoms with van der Waals surface area (Å²) in [6.45, 7) is 3.71. The van der Waals surface area contributed by atoms with E-state index in [2.05, 4.69) is 5.32 Å². The lowest BCUT2D eigenvalue weighted by Crippen LogP contribution is -2.37. The number of halogens is 1. The molecule has 122 valence electrons. The molecular formula is C18H21FN2O2. The van der Waals surface area contributed by atoms with Crippen molar-refractivity contribution in [1.29, 1.82) is 0 Å². The van der Waals surface area contributed by atoms with E-state index in [0.717, 1.165) is 5.56 Å². The number of carbonyl (C=O) groups excluding carboxylic acids is 1. The minimum absolute atomic E-state index is 0.0471. The quantitative estimate of drug-likeness (QED) is 0.860. The molecule has 0 aliphatic rings. The molecule has 0 aliphatic heterocycles. The van der Waals surface area contributed by atoms with E-state index in [0.29, 0.717) is 12.2 Å². The van der Waals surface area contributed by atoms with Crippen LogP contribution in [-0.2, 0) is 11.2 Å². The van der Waals surface area contributed by atoms with Crippen molar-refractivity contribution in [2.24, 2.45) is 5.73 Å². The maximum absolute atomic E-state index is 14.0. The van der Waals surface area contributed by atoms with E-state index in [1.165, 1.54) is 12.1 Å². The van der Waals surface area contributed by atoms with Gasteiger partial charge in [-0.15, -0.1) is 0 Å². The standard InChI is InChI=1S/C18H21FN2O2/c1-12(2)23-14-8-9-17(15(19)11-14)21-18(22)16(20)10-13-6-4-3-5-7-13/h3-9,11-12,16H,10,20H2,1-2H3,(H,21,22)/t16-/m0/s1. The normalized spacial score (nSPS) is 12.0. The van der Waals surface area contributed by atoms with Gasteiger partial charge >= 0.3 is 0 Å². The molecule has 4 nitrogen and oxygen atoms in total. The third kappa shape index (κ3) is 5.07. The summed E-state index contributed by atoms with van der Waals surface area (Å²) in [5.74, 6) is -0.558. The van der Waals surface area contributed by atoms with Crippen LogP contribution in [0.15, 0.2) is 48.5 Å². The van der Waals surface area contributed by atoms with Gasteiger partial charge in [0.25, 0.3) is 0 Å². The Bertz CT molecular complexity index is 659. The van der Waals surface area contributed by atoms with Crippen molar-refractivity contribution in [1.82, 2.24) is 0 Å². The number of anilines is 1. The van der Waals surface area contributed by atoms with Crippen molar-refractivity contribution in [3.63, 3.8) is 0 Å². The molecule has 0 radical (unpaired) electrons. The second-order valence-corrected chi connectivity index (χ2v) is 5.59. The van der Waals surface area contributed by atoms with Gasteiger partial charge in [-0.25, -0.2) is 4.39 Å². The van der Waals surface area contributed by atoms with Crippen molar-refractivity contribution >= 4 is 11.6 Å². The molecule has 0 fully saturated rings. The lowest BCUT2D eigenvalue weighted by atomic mass is 10.1. The van der Waals surface area contributed by atoms with E-state index in [9.17, 15) is 9.18 Å². The molecule has 2 aromatic carbocycles. The summed E-state index contributed by atoms with van der Waals surface area (Å²) >= 11 is 0. The second kappa shape index (κ2) is 7.74. The van der Waals surface area contributed by atoms with Crippen LogP contribution < -0.4 is 15.8 Å². The van der Waals surface area contributed by atoms with Crippen LogP contribution in [0, 0.1) is 5.82 Å². The van der Waals surface area contributed by atoms with Gasteiger partial charge in [-0.05, 0) is 38.0 Å². The Labute approximate surface area is 135 Å². The van der Waals surface area contributed by atoms with Crippen molar-refractivity contribution in [2.75, 3.05) is 5.32 Å². The number of nitrogens with one attached hydrogen (secondary N) is 1. The van der Waals surface area contributed by atoms with Gasteiger partial charge in [-0.3, -0.25) is 4.79 Å². The Hall–Kier alpha value is -2.40. The van der Waals surface area contributed by atoms with E-state index in [1.807, 2.05) is 44.2 Å². The van der Waals surface area contributed by atoms with Crippen LogP contribution in [0.1, 0.15) is 19.4 Å². The number of hydrogen-bond donors (Lipinski definition) is 2. The summed E-state index contributed by atoms with van der Waals surface area (Å²) in [5.41, 5.74) is 6.93. The van der Waals surface area contributed by atoms with Crippen molar-refractivity contribution < 1.29 is 13.9 Å². The molecule has 0 aromatic heterocycles. The topological polar surface area (TPSA) is 64.3 Å². The number of benzene rings is 2. The van der Waals surface area contributed by atoms with Gasteiger partial charge < -0.3 is 15.8 Å². The molecule has 0 saturated heterocycles. The first-order valence-electron chi connectivity index (χ1n) is 7.52. The average molecular weight is 316 g/mol. The van der Waals surface area contributed by atoms with Crippen LogP contribution in [0.4, 0.5) is 10.1 Å². The number of hydrogen-bond acceptors (Lipinski definition) is 3. The average Bonchev–Trinajstić information content (AvgIpc) is 2.50. The molecule has 1 atom stereocenters. The summed E-state index contributed by atoms with van der Waals surface area (Å²) in [6, 6.07) is 13.0. The lowest BCUT2D eigenvalue weighted by molar-refractivity contribution is -0.117. The highest BCUT2D eigenvalue weighted by Crippen LogP contribution is 2.21. The number of amides is 1. The molecule has 0 saturated carbocycles. The van der Waals surface area contributed by atoms with Crippen LogP contribution >= 0.6 is 0 Å². The first-order chi connectivity index (χ1) is 11.0. The van der Waals surface area contributed by atoms with Gasteiger partial charge in [-0.2, -0.15) is 0 Å². The molecular weight excluding hydrogens is 295 g/mol. The van der Waals surface area contributed by atoms with Gasteiger partial charge in [-0.1, -0.05) is 30.3 Å². The molecule has 0 bridgehead atoms. The van der Waals surface area contributed by atoms with Gasteiger partial charge in [0.15, 0.2) is 0 Å². The van der Waals surface area contributed by atoms with Crippen LogP contribution in [0.2, 0.25) is 0 Å². The monoisotopic (exact) mass is 316 g/mol. The predicted octanol–water partition coefficient (Wildman–Crippen LogP) is 3.12. The van der Waals surface area contributed by atoms with Crippen molar-refractivity contribution in [3.05, 3.63) is 59.9 Å². The molecule has 0 spiro atoms. The van der Waals surface area contributed by atoms with Crippen LogP contribution in [0.25, 0.3) is 0 Å². The fourth-order valence-corrected chi connectivity index (χ4v) is 2.13. The molecule has 23 heavy (non-hydrogen) atoms. The maximum Gasteiger partial charge on any atom is 0.241 e. The first kappa shape index (κ1) is 17.0. The highest BCUT2D eigenvalue weighted by atomic mass is 19.1. The van der Waals surface area contributed by atoms with Gasteiger partial charge in [0.2, 0.25) is 5.91 Å². The summed E-state index contributed by atoms with van der Waals surface area (Å²) in [4.78, 5) is 12.1. The molecule has 5 heteroatoms. The van der Waals surface area contributed by atoms with E-state index >= 15 is 0 Å². The highest BCUT2D eigenvalue weighted by molar-refractivity contribution is 5.95. The maximum atomic E-state index is 14.0. The Morgan fingerprint density at radius 3 is 2.52 bits per heavy atom. The molecule has 0 heterocycles. The number of ether oxygens (including phenoxy) is 1. The summed E-state index contributed by atoms with van der Waals surface area (Å²) in [7, 11) is 0. The van der Waals surface area contributed by atoms with Gasteiger partial charge in [0, 0.05) is 6.07 Å². The summed E-state index contributed by atoms with van der Waals surface area (Å²) in [6.07, 6.45) is 0.345. The highest BCUT2D eigenvalue weighted by Gasteiger charge is 2.16. The number of carbonyl (C=O) groups is 1. The third-order valence-electron chi connectivity index (χ3n) is 3.21. The first-order valence-corrected chi connectivity index (χ1v) is 7.52. The smallest absolute Gasteiger partial charge is 0.241 e. The Balaban J connectivity index is 1.99. The lowest BCUT2D eigenvalue weighted by Gasteiger charge is -2.14. The van der Waals surface area contributed by atoms with Crippen LogP contribution in [-0.4, -0.2) is 18.1 Å². The van der Waals surface area contributed by atoms with Crippen LogP contribution in [0.3, 0.4) is 0 Å². The molecule has 3 N–H and O–H groups in total. The molecule has 0 aliphatic carbocycles. The van der Waals surface area contributed by atoms with E-state index in [4.69, 9.17) is 10.5 Å².